The maximum Gasteiger partial charge on any atom is 0.136 e. The zero-order chi connectivity index (χ0) is 39.2. The molecule has 0 aliphatic carbocycles. The highest BCUT2D eigenvalue weighted by Gasteiger charge is 2.23. The first-order valence-corrected chi connectivity index (χ1v) is 20.1. The predicted molar refractivity (Wildman–Crippen MR) is 246 cm³/mol. The van der Waals surface area contributed by atoms with Gasteiger partial charge in [-0.05, 0) is 91.5 Å². The third kappa shape index (κ3) is 6.24. The molecule has 0 amide bonds. The van der Waals surface area contributed by atoms with E-state index in [0.29, 0.717) is 0 Å². The largest absolute Gasteiger partial charge is 0.456 e. The van der Waals surface area contributed by atoms with E-state index in [4.69, 9.17) is 4.42 Å². The van der Waals surface area contributed by atoms with Crippen molar-refractivity contribution in [2.45, 2.75) is 26.2 Å². The van der Waals surface area contributed by atoms with Gasteiger partial charge in [-0.1, -0.05) is 191 Å². The van der Waals surface area contributed by atoms with Crippen molar-refractivity contribution in [2.24, 2.45) is 0 Å². The highest BCUT2D eigenvalue weighted by Crippen LogP contribution is 2.48. The van der Waals surface area contributed by atoms with Crippen LogP contribution in [0.4, 0.5) is 17.1 Å². The number of furan rings is 1. The lowest BCUT2D eigenvalue weighted by molar-refractivity contribution is 0.590. The standard InChI is InChI=1S/C56H43NO/c1-56(2,3)42-34-30-39(31-35-42)44-20-7-10-26-50(44)57(43-36-32-40(33-37-43)46-24-15-29-53-55(46)49-22-9-12-28-52(49)58-53)51-27-11-8-21-47(51)48-25-14-19-41-18-13-23-45(54(41)48)38-16-5-4-6-17-38/h4-37H,1-3H3. The first-order valence-electron chi connectivity index (χ1n) is 20.1. The quantitative estimate of drug-likeness (QED) is 0.162. The summed E-state index contributed by atoms with van der Waals surface area (Å²) >= 11 is 0. The Bertz CT molecular complexity index is 3070. The molecule has 0 fully saturated rings. The molecule has 0 radical (unpaired) electrons. The molecule has 0 aliphatic heterocycles. The molecule has 0 saturated heterocycles. The van der Waals surface area contributed by atoms with E-state index in [0.717, 1.165) is 55.7 Å². The van der Waals surface area contributed by atoms with E-state index in [9.17, 15) is 0 Å². The van der Waals surface area contributed by atoms with Gasteiger partial charge in [0.05, 0.1) is 11.4 Å². The summed E-state index contributed by atoms with van der Waals surface area (Å²) in [5.74, 6) is 0. The molecule has 0 spiro atoms. The number of benzene rings is 9. The fourth-order valence-corrected chi connectivity index (χ4v) is 8.60. The van der Waals surface area contributed by atoms with Crippen LogP contribution < -0.4 is 4.90 Å². The lowest BCUT2D eigenvalue weighted by atomic mass is 9.86. The van der Waals surface area contributed by atoms with Crippen molar-refractivity contribution in [3.8, 4) is 44.5 Å². The van der Waals surface area contributed by atoms with Gasteiger partial charge >= 0.3 is 0 Å². The second kappa shape index (κ2) is 14.4. The average molecular weight is 746 g/mol. The second-order valence-corrected chi connectivity index (χ2v) is 16.1. The molecule has 2 nitrogen and oxygen atoms in total. The van der Waals surface area contributed by atoms with Gasteiger partial charge in [-0.3, -0.25) is 0 Å². The minimum absolute atomic E-state index is 0.0644. The Kier molecular flexibility index (Phi) is 8.76. The van der Waals surface area contributed by atoms with Gasteiger partial charge in [-0.25, -0.2) is 0 Å². The molecule has 1 aromatic heterocycles. The van der Waals surface area contributed by atoms with Crippen molar-refractivity contribution in [2.75, 3.05) is 4.90 Å². The van der Waals surface area contributed by atoms with Gasteiger partial charge in [0.25, 0.3) is 0 Å². The maximum absolute atomic E-state index is 6.29. The lowest BCUT2D eigenvalue weighted by Gasteiger charge is -2.30. The molecule has 2 heteroatoms. The molecule has 278 valence electrons. The summed E-state index contributed by atoms with van der Waals surface area (Å²) in [5.41, 5.74) is 15.9. The molecule has 1 heterocycles. The Morgan fingerprint density at radius 2 is 0.862 bits per heavy atom. The van der Waals surface area contributed by atoms with Crippen LogP contribution in [-0.2, 0) is 5.41 Å². The molecule has 10 aromatic rings. The van der Waals surface area contributed by atoms with Gasteiger partial charge < -0.3 is 9.32 Å². The van der Waals surface area contributed by atoms with Gasteiger partial charge in [0.15, 0.2) is 0 Å². The number of fused-ring (bicyclic) bond motifs is 4. The van der Waals surface area contributed by atoms with Gasteiger partial charge in [0.1, 0.15) is 11.2 Å². The number of anilines is 3. The summed E-state index contributed by atoms with van der Waals surface area (Å²) in [6, 6.07) is 74.6. The fraction of sp³-hybridized carbons (Fsp3) is 0.0714. The van der Waals surface area contributed by atoms with E-state index in [-0.39, 0.29) is 5.41 Å². The normalized spacial score (nSPS) is 11.7. The molecular weight excluding hydrogens is 703 g/mol. The van der Waals surface area contributed by atoms with E-state index >= 15 is 0 Å². The average Bonchev–Trinajstić information content (AvgIpc) is 3.66. The molecule has 0 unspecified atom stereocenters. The minimum Gasteiger partial charge on any atom is -0.456 e. The molecule has 9 aromatic carbocycles. The SMILES string of the molecule is CC(C)(C)c1ccc(-c2ccccc2N(c2ccc(-c3cccc4oc5ccccc5c34)cc2)c2ccccc2-c2cccc3cccc(-c4ccccc4)c23)cc1. The number of hydrogen-bond donors (Lipinski definition) is 0. The summed E-state index contributed by atoms with van der Waals surface area (Å²) in [7, 11) is 0. The maximum atomic E-state index is 6.29. The van der Waals surface area contributed by atoms with Crippen LogP contribution in [0.3, 0.4) is 0 Å². The lowest BCUT2D eigenvalue weighted by Crippen LogP contribution is -2.13. The molecule has 10 rings (SSSR count). The van der Waals surface area contributed by atoms with Crippen molar-refractivity contribution in [1.29, 1.82) is 0 Å². The van der Waals surface area contributed by atoms with E-state index in [1.165, 1.54) is 44.2 Å². The highest BCUT2D eigenvalue weighted by molar-refractivity contribution is 6.13. The Balaban J connectivity index is 1.19. The predicted octanol–water partition coefficient (Wildman–Crippen LogP) is 16.2. The Hall–Kier alpha value is -7.16. The molecule has 0 aliphatic rings. The van der Waals surface area contributed by atoms with E-state index in [2.05, 4.69) is 220 Å². The van der Waals surface area contributed by atoms with Gasteiger partial charge in [0, 0.05) is 27.6 Å². The summed E-state index contributed by atoms with van der Waals surface area (Å²) in [4.78, 5) is 2.45. The van der Waals surface area contributed by atoms with Crippen molar-refractivity contribution in [1.82, 2.24) is 0 Å². The summed E-state index contributed by atoms with van der Waals surface area (Å²) < 4.78 is 6.29. The van der Waals surface area contributed by atoms with Crippen molar-refractivity contribution in [3.05, 3.63) is 212 Å². The van der Waals surface area contributed by atoms with E-state index in [1.807, 2.05) is 12.1 Å². The third-order valence-electron chi connectivity index (χ3n) is 11.5. The molecule has 0 bridgehead atoms. The van der Waals surface area contributed by atoms with Crippen molar-refractivity contribution >= 4 is 49.8 Å². The first kappa shape index (κ1) is 35.3. The molecule has 0 N–H and O–H groups in total. The van der Waals surface area contributed by atoms with E-state index in [1.54, 1.807) is 0 Å². The second-order valence-electron chi connectivity index (χ2n) is 16.1. The van der Waals surface area contributed by atoms with Crippen LogP contribution in [0.2, 0.25) is 0 Å². The van der Waals surface area contributed by atoms with Crippen LogP contribution in [0, 0.1) is 0 Å². The first-order chi connectivity index (χ1) is 28.4. The van der Waals surface area contributed by atoms with Gasteiger partial charge in [0.2, 0.25) is 0 Å². The van der Waals surface area contributed by atoms with Gasteiger partial charge in [-0.2, -0.15) is 0 Å². The Labute approximate surface area is 340 Å². The summed E-state index contributed by atoms with van der Waals surface area (Å²) in [5, 5.41) is 4.72. The number of para-hydroxylation sites is 3. The molecule has 0 saturated carbocycles. The monoisotopic (exact) mass is 745 g/mol. The van der Waals surface area contributed by atoms with Gasteiger partial charge in [-0.15, -0.1) is 0 Å². The molecule has 0 atom stereocenters. The minimum atomic E-state index is 0.0644. The zero-order valence-corrected chi connectivity index (χ0v) is 33.0. The third-order valence-corrected chi connectivity index (χ3v) is 11.5. The zero-order valence-electron chi connectivity index (χ0n) is 33.0. The van der Waals surface area contributed by atoms with Crippen LogP contribution in [0.15, 0.2) is 211 Å². The summed E-state index contributed by atoms with van der Waals surface area (Å²) in [6.45, 7) is 6.80. The van der Waals surface area contributed by atoms with Crippen LogP contribution in [0.1, 0.15) is 26.3 Å². The number of rotatable bonds is 7. The smallest absolute Gasteiger partial charge is 0.136 e. The Morgan fingerprint density at radius 3 is 1.59 bits per heavy atom. The molecular formula is C56H43NO. The molecule has 58 heavy (non-hydrogen) atoms. The van der Waals surface area contributed by atoms with Crippen LogP contribution in [0.5, 0.6) is 0 Å². The fourth-order valence-electron chi connectivity index (χ4n) is 8.60. The van der Waals surface area contributed by atoms with Crippen LogP contribution in [0.25, 0.3) is 77.2 Å². The summed E-state index contributed by atoms with van der Waals surface area (Å²) in [6.07, 6.45) is 0. The van der Waals surface area contributed by atoms with Crippen LogP contribution in [-0.4, -0.2) is 0 Å². The highest BCUT2D eigenvalue weighted by atomic mass is 16.3. The number of hydrogen-bond acceptors (Lipinski definition) is 2. The van der Waals surface area contributed by atoms with Crippen molar-refractivity contribution < 1.29 is 4.42 Å². The number of nitrogens with zero attached hydrogens (tertiary/aromatic N) is 1. The van der Waals surface area contributed by atoms with Crippen LogP contribution >= 0.6 is 0 Å². The topological polar surface area (TPSA) is 16.4 Å². The Morgan fingerprint density at radius 1 is 0.362 bits per heavy atom. The van der Waals surface area contributed by atoms with Crippen molar-refractivity contribution in [3.63, 3.8) is 0 Å². The van der Waals surface area contributed by atoms with E-state index < -0.39 is 0 Å².